The summed E-state index contributed by atoms with van der Waals surface area (Å²) in [5.41, 5.74) is 0.188. The van der Waals surface area contributed by atoms with Gasteiger partial charge in [-0.25, -0.2) is 4.79 Å². The number of nitrogens with one attached hydrogen (secondary N) is 2. The lowest BCUT2D eigenvalue weighted by Crippen LogP contribution is -2.42. The van der Waals surface area contributed by atoms with Crippen molar-refractivity contribution < 1.29 is 23.8 Å². The lowest BCUT2D eigenvalue weighted by atomic mass is 10.2. The first kappa shape index (κ1) is 16.2. The van der Waals surface area contributed by atoms with Crippen LogP contribution in [0.1, 0.15) is 10.5 Å². The molecule has 3 rings (SSSR count). The third-order valence-electron chi connectivity index (χ3n) is 3.30. The van der Waals surface area contributed by atoms with Crippen molar-refractivity contribution in [2.45, 2.75) is 6.10 Å². The van der Waals surface area contributed by atoms with Crippen LogP contribution in [0.15, 0.2) is 36.5 Å². The van der Waals surface area contributed by atoms with E-state index >= 15 is 0 Å². The van der Waals surface area contributed by atoms with Gasteiger partial charge in [0, 0.05) is 6.20 Å². The maximum absolute atomic E-state index is 11.8. The largest absolute Gasteiger partial charge is 0.486 e. The first-order chi connectivity index (χ1) is 11.6. The van der Waals surface area contributed by atoms with Crippen LogP contribution in [0.2, 0.25) is 5.02 Å². The average molecular weight is 351 g/mol. The van der Waals surface area contributed by atoms with Crippen LogP contribution < -0.4 is 14.8 Å². The Balaban J connectivity index is 1.41. The molecule has 7 nitrogen and oxygen atoms in total. The van der Waals surface area contributed by atoms with Gasteiger partial charge in [0.15, 0.2) is 18.1 Å². The van der Waals surface area contributed by atoms with E-state index in [1.807, 2.05) is 18.2 Å². The number of amides is 1. The number of ether oxygens (including phenoxy) is 3. The van der Waals surface area contributed by atoms with E-state index in [0.29, 0.717) is 23.1 Å². The minimum absolute atomic E-state index is 0.188. The topological polar surface area (TPSA) is 89.7 Å². The number of hydrogen-bond acceptors (Lipinski definition) is 5. The summed E-state index contributed by atoms with van der Waals surface area (Å²) in [5, 5.41) is 3.03. The normalized spacial score (nSPS) is 15.6. The van der Waals surface area contributed by atoms with E-state index in [0.717, 1.165) is 0 Å². The second-order valence-corrected chi connectivity index (χ2v) is 5.55. The van der Waals surface area contributed by atoms with Gasteiger partial charge < -0.3 is 24.5 Å². The van der Waals surface area contributed by atoms with Crippen LogP contribution in [-0.4, -0.2) is 42.7 Å². The van der Waals surface area contributed by atoms with Crippen molar-refractivity contribution in [3.63, 3.8) is 0 Å². The van der Waals surface area contributed by atoms with Crippen molar-refractivity contribution in [3.05, 3.63) is 47.2 Å². The highest BCUT2D eigenvalue weighted by atomic mass is 35.5. The average Bonchev–Trinajstić information content (AvgIpc) is 3.04. The summed E-state index contributed by atoms with van der Waals surface area (Å²) in [6, 6.07) is 8.74. The molecule has 2 aromatic rings. The number of halogens is 1. The molecule has 1 amide bonds. The van der Waals surface area contributed by atoms with Crippen LogP contribution in [0, 0.1) is 0 Å². The van der Waals surface area contributed by atoms with E-state index in [-0.39, 0.29) is 24.9 Å². The minimum Gasteiger partial charge on any atom is -0.486 e. The zero-order valence-corrected chi connectivity index (χ0v) is 13.3. The first-order valence-electron chi connectivity index (χ1n) is 7.28. The van der Waals surface area contributed by atoms with Gasteiger partial charge in [-0.2, -0.15) is 0 Å². The molecule has 0 bridgehead atoms. The Hall–Kier alpha value is -2.67. The van der Waals surface area contributed by atoms with Gasteiger partial charge in [0.2, 0.25) is 0 Å². The molecular weight excluding hydrogens is 336 g/mol. The predicted octanol–water partition coefficient (Wildman–Crippen LogP) is 1.78. The van der Waals surface area contributed by atoms with Crippen LogP contribution in [-0.2, 0) is 9.53 Å². The van der Waals surface area contributed by atoms with Crippen molar-refractivity contribution in [3.8, 4) is 11.5 Å². The number of benzene rings is 1. The van der Waals surface area contributed by atoms with Crippen molar-refractivity contribution in [2.24, 2.45) is 0 Å². The van der Waals surface area contributed by atoms with E-state index < -0.39 is 11.9 Å². The van der Waals surface area contributed by atoms with Gasteiger partial charge in [0.1, 0.15) is 18.4 Å². The second kappa shape index (κ2) is 7.27. The molecule has 1 unspecified atom stereocenters. The van der Waals surface area contributed by atoms with E-state index in [9.17, 15) is 9.59 Å². The van der Waals surface area contributed by atoms with Gasteiger partial charge in [-0.1, -0.05) is 23.7 Å². The molecule has 1 atom stereocenters. The fraction of sp³-hybridized carbons (Fsp3) is 0.250. The van der Waals surface area contributed by atoms with E-state index in [4.69, 9.17) is 25.8 Å². The number of esters is 1. The quantitative estimate of drug-likeness (QED) is 0.802. The number of fused-ring (bicyclic) bond motifs is 1. The molecule has 1 aliphatic rings. The van der Waals surface area contributed by atoms with Crippen LogP contribution in [0.4, 0.5) is 0 Å². The number of rotatable bonds is 5. The Kier molecular flexibility index (Phi) is 4.90. The molecular formula is C16H15ClN2O5. The van der Waals surface area contributed by atoms with E-state index in [1.54, 1.807) is 6.07 Å². The Bertz CT molecular complexity index is 746. The molecule has 0 aliphatic carbocycles. The maximum Gasteiger partial charge on any atom is 0.355 e. The molecule has 24 heavy (non-hydrogen) atoms. The summed E-state index contributed by atoms with van der Waals surface area (Å²) >= 11 is 5.69. The smallest absolute Gasteiger partial charge is 0.355 e. The molecule has 126 valence electrons. The molecule has 0 saturated heterocycles. The van der Waals surface area contributed by atoms with Gasteiger partial charge in [-0.3, -0.25) is 4.79 Å². The lowest BCUT2D eigenvalue weighted by Gasteiger charge is -2.26. The number of para-hydroxylation sites is 2. The zero-order valence-electron chi connectivity index (χ0n) is 12.6. The minimum atomic E-state index is -0.650. The Morgan fingerprint density at radius 3 is 2.88 bits per heavy atom. The summed E-state index contributed by atoms with van der Waals surface area (Å²) < 4.78 is 16.1. The molecule has 0 radical (unpaired) electrons. The molecule has 1 aromatic carbocycles. The van der Waals surface area contributed by atoms with Gasteiger partial charge in [-0.05, 0) is 18.2 Å². The molecule has 1 aromatic heterocycles. The summed E-state index contributed by atoms with van der Waals surface area (Å²) in [4.78, 5) is 26.1. The zero-order chi connectivity index (χ0) is 16.9. The third-order valence-corrected chi connectivity index (χ3v) is 3.51. The van der Waals surface area contributed by atoms with Gasteiger partial charge >= 0.3 is 5.97 Å². The van der Waals surface area contributed by atoms with Crippen LogP contribution >= 0.6 is 11.6 Å². The molecule has 8 heteroatoms. The van der Waals surface area contributed by atoms with E-state index in [1.165, 1.54) is 12.3 Å². The molecule has 0 fully saturated rings. The van der Waals surface area contributed by atoms with Crippen molar-refractivity contribution in [1.29, 1.82) is 0 Å². The summed E-state index contributed by atoms with van der Waals surface area (Å²) in [5.74, 6) is 0.239. The van der Waals surface area contributed by atoms with Gasteiger partial charge in [0.05, 0.1) is 11.6 Å². The number of hydrogen-bond donors (Lipinski definition) is 2. The lowest BCUT2D eigenvalue weighted by molar-refractivity contribution is -0.124. The molecule has 0 spiro atoms. The Morgan fingerprint density at radius 2 is 2.12 bits per heavy atom. The number of aromatic nitrogens is 1. The highest BCUT2D eigenvalue weighted by Crippen LogP contribution is 2.30. The maximum atomic E-state index is 11.8. The highest BCUT2D eigenvalue weighted by molar-refractivity contribution is 6.30. The Morgan fingerprint density at radius 1 is 1.33 bits per heavy atom. The predicted molar refractivity (Wildman–Crippen MR) is 85.4 cm³/mol. The van der Waals surface area contributed by atoms with Crippen LogP contribution in [0.25, 0.3) is 0 Å². The van der Waals surface area contributed by atoms with Crippen LogP contribution in [0.5, 0.6) is 11.5 Å². The monoisotopic (exact) mass is 350 g/mol. The molecule has 1 aliphatic heterocycles. The standard InChI is InChI=1S/C16H15ClN2O5/c17-10-5-12(18-6-10)16(21)23-9-15(20)19-7-11-8-22-13-3-1-2-4-14(13)24-11/h1-6,11,18H,7-9H2,(H,19,20). The first-order valence-corrected chi connectivity index (χ1v) is 7.66. The number of H-pyrrole nitrogens is 1. The number of aromatic amines is 1. The summed E-state index contributed by atoms with van der Waals surface area (Å²) in [7, 11) is 0. The summed E-state index contributed by atoms with van der Waals surface area (Å²) in [6.07, 6.45) is 1.15. The number of carbonyl (C=O) groups excluding carboxylic acids is 2. The highest BCUT2D eigenvalue weighted by Gasteiger charge is 2.21. The fourth-order valence-electron chi connectivity index (χ4n) is 2.14. The fourth-order valence-corrected chi connectivity index (χ4v) is 2.30. The molecule has 0 saturated carbocycles. The van der Waals surface area contributed by atoms with Crippen LogP contribution in [0.3, 0.4) is 0 Å². The van der Waals surface area contributed by atoms with Crippen molar-refractivity contribution >= 4 is 23.5 Å². The second-order valence-electron chi connectivity index (χ2n) is 5.11. The SMILES string of the molecule is O=C(COC(=O)c1cc(Cl)c[nH]1)NCC1COc2ccccc2O1. The van der Waals surface area contributed by atoms with Crippen molar-refractivity contribution in [2.75, 3.05) is 19.8 Å². The third kappa shape index (κ3) is 3.99. The molecule has 2 heterocycles. The van der Waals surface area contributed by atoms with Gasteiger partial charge in [-0.15, -0.1) is 0 Å². The summed E-state index contributed by atoms with van der Waals surface area (Å²) in [6.45, 7) is 0.191. The molecule has 2 N–H and O–H groups in total. The number of carbonyl (C=O) groups is 2. The van der Waals surface area contributed by atoms with Crippen molar-refractivity contribution in [1.82, 2.24) is 10.3 Å². The van der Waals surface area contributed by atoms with Gasteiger partial charge in [0.25, 0.3) is 5.91 Å². The van der Waals surface area contributed by atoms with E-state index in [2.05, 4.69) is 10.3 Å². The Labute approximate surface area is 142 Å².